The smallest absolute Gasteiger partial charge is 0.574 e. The van der Waals surface area contributed by atoms with Crippen molar-refractivity contribution in [2.45, 2.75) is 119 Å². The molecule has 20 aromatic heterocycles. The van der Waals surface area contributed by atoms with Crippen LogP contribution in [0.1, 0.15) is 127 Å². The number of aryl methyl sites for hydroxylation is 3. The zero-order valence-corrected chi connectivity index (χ0v) is 85.9. The van der Waals surface area contributed by atoms with Crippen molar-refractivity contribution < 1.29 is 118 Å². The monoisotopic (exact) mass is 2730 g/mol. The summed E-state index contributed by atoms with van der Waals surface area (Å²) >= 11 is 0. The van der Waals surface area contributed by atoms with Crippen molar-refractivity contribution in [2.24, 2.45) is 0 Å². The summed E-state index contributed by atoms with van der Waals surface area (Å²) in [5.41, 5.74) is 20.6. The summed E-state index contributed by atoms with van der Waals surface area (Å²) in [4.78, 5) is 78.5. The first-order valence-corrected chi connectivity index (χ1v) is 39.8. The molecule has 0 unspecified atom stereocenters. The first-order valence-electron chi connectivity index (χ1n) is 39.8. The molecule has 20 heterocycles. The standard InChI is InChI=1S/2C11H13N4.2C10H11N4.C8H4F3N4.3C8H7N4.2C7H5N4.5Pt/c2*1-11(2,3)10-6-9(14-15-10)8-4-5-12-7-13-8;2*1-7(2)9-5-10(14-13-9)8-3-4-11-6-12-8;9-8(10,11)7-3-6(14-15-7)5-1-2-12-4-13-5;3*1-6-4-8(12-11-6)7-2-3-9-5-10-7;2*1-3-8-5-9-6(1)7-2-4-10-11-7;;;;;/h2*4-7H,1-3H3;2*3-7H,1-2H3;1-4H;3*2-5H,1H3;2*1-5H;;;;;/q10*-1;5*+2. The summed E-state index contributed by atoms with van der Waals surface area (Å²) in [5.74, 6) is 0.802. The second kappa shape index (κ2) is 56.4. The van der Waals surface area contributed by atoms with Crippen molar-refractivity contribution in [3.05, 3.63) is 305 Å². The maximum absolute atomic E-state index is 12.2. The van der Waals surface area contributed by atoms with Crippen molar-refractivity contribution in [3.63, 3.8) is 0 Å². The van der Waals surface area contributed by atoms with Gasteiger partial charge in [-0.3, -0.25) is 0 Å². The quantitative estimate of drug-likeness (QED) is 0.110. The van der Waals surface area contributed by atoms with Crippen molar-refractivity contribution in [2.75, 3.05) is 0 Å². The number of aromatic nitrogens is 40. The van der Waals surface area contributed by atoms with E-state index < -0.39 is 11.9 Å². The minimum Gasteiger partial charge on any atom is -0.574 e. The van der Waals surface area contributed by atoms with Crippen LogP contribution in [-0.2, 0) is 122 Å². The van der Waals surface area contributed by atoms with E-state index in [1.165, 1.54) is 75.5 Å². The summed E-state index contributed by atoms with van der Waals surface area (Å²) in [6.07, 6.45) is 30.2. The Morgan fingerprint density at radius 3 is 0.566 bits per heavy atom. The number of hydrogen-bond donors (Lipinski definition) is 0. The van der Waals surface area contributed by atoms with Gasteiger partial charge in [-0.05, 0) is 99.3 Å². The van der Waals surface area contributed by atoms with Gasteiger partial charge in [0.15, 0.2) is 0 Å². The molecule has 136 heavy (non-hydrogen) atoms. The molecular weight excluding hydrogens is 2650 g/mol. The molecule has 20 aromatic rings. The molecule has 0 aliphatic carbocycles. The van der Waals surface area contributed by atoms with Crippen LogP contribution < -0.4 is 51.0 Å². The first kappa shape index (κ1) is 111. The third-order valence-electron chi connectivity index (χ3n) is 17.1. The van der Waals surface area contributed by atoms with Gasteiger partial charge in [0.25, 0.3) is 0 Å². The third-order valence-corrected chi connectivity index (χ3v) is 17.1. The fourth-order valence-corrected chi connectivity index (χ4v) is 10.3. The number of nitrogens with zero attached hydrogens (tertiary/aromatic N) is 40. The molecule has 0 spiro atoms. The van der Waals surface area contributed by atoms with E-state index in [9.17, 15) is 13.2 Å². The Morgan fingerprint density at radius 2 is 0.412 bits per heavy atom. The average Bonchev–Trinajstić information content (AvgIpc) is 1.69. The van der Waals surface area contributed by atoms with Gasteiger partial charge < -0.3 is 102 Å². The summed E-state index contributed by atoms with van der Waals surface area (Å²) in [7, 11) is 0. The Kier molecular flexibility index (Phi) is 45.9. The molecule has 40 nitrogen and oxygen atoms in total. The Morgan fingerprint density at radius 1 is 0.221 bits per heavy atom. The van der Waals surface area contributed by atoms with Crippen LogP contribution in [0.4, 0.5) is 13.2 Å². The topological polar surface area (TPSA) is 528 Å². The Balaban J connectivity index is 0.000000231. The maximum atomic E-state index is 12.2. The van der Waals surface area contributed by atoms with Crippen molar-refractivity contribution in [1.82, 2.24) is 202 Å². The van der Waals surface area contributed by atoms with Gasteiger partial charge in [-0.25, -0.2) is 99.7 Å². The van der Waals surface area contributed by atoms with Crippen LogP contribution >= 0.6 is 0 Å². The normalized spacial score (nSPS) is 10.3. The largest absolute Gasteiger partial charge is 2.00 e. The van der Waals surface area contributed by atoms with Gasteiger partial charge in [0.05, 0.1) is 56.9 Å². The fraction of sp³-hybridized carbons (Fsp3) is 0.205. The molecule has 0 fully saturated rings. The summed E-state index contributed by atoms with van der Waals surface area (Å²) in [5, 5.41) is 77.8. The van der Waals surface area contributed by atoms with E-state index in [4.69, 9.17) is 0 Å². The van der Waals surface area contributed by atoms with Gasteiger partial charge in [0, 0.05) is 125 Å². The van der Waals surface area contributed by atoms with Crippen LogP contribution in [0, 0.1) is 20.8 Å². The van der Waals surface area contributed by atoms with Crippen LogP contribution in [-0.4, -0.2) is 151 Å². The molecule has 0 saturated heterocycles. The number of halogens is 3. The van der Waals surface area contributed by atoms with Crippen LogP contribution in [0.2, 0.25) is 0 Å². The third kappa shape index (κ3) is 35.8. The molecule has 0 saturated carbocycles. The second-order valence-electron chi connectivity index (χ2n) is 29.9. The maximum Gasteiger partial charge on any atom is 2.00 e. The van der Waals surface area contributed by atoms with Gasteiger partial charge in [0.1, 0.15) is 69.0 Å². The van der Waals surface area contributed by atoms with Crippen LogP contribution in [0.25, 0.3) is 114 Å². The van der Waals surface area contributed by atoms with E-state index >= 15 is 0 Å². The average molecular weight is 2730 g/mol. The Labute approximate surface area is 850 Å². The molecule has 0 radical (unpaired) electrons. The molecule has 0 aliphatic heterocycles. The van der Waals surface area contributed by atoms with E-state index in [0.29, 0.717) is 17.5 Å². The van der Waals surface area contributed by atoms with Gasteiger partial charge in [-0.15, -0.1) is 0 Å². The Bertz CT molecular complexity index is 5990. The number of rotatable bonds is 12. The van der Waals surface area contributed by atoms with Crippen molar-refractivity contribution in [1.29, 1.82) is 0 Å². The second-order valence-corrected chi connectivity index (χ2v) is 29.9. The molecule has 0 bridgehead atoms. The first-order chi connectivity index (χ1) is 63.3. The van der Waals surface area contributed by atoms with Gasteiger partial charge in [0.2, 0.25) is 0 Å². The molecule has 0 N–H and O–H groups in total. The van der Waals surface area contributed by atoms with E-state index in [0.717, 1.165) is 148 Å². The summed E-state index contributed by atoms with van der Waals surface area (Å²) in [6, 6.07) is 35.8. The summed E-state index contributed by atoms with van der Waals surface area (Å²) in [6.45, 7) is 26.7. The number of alkyl halides is 3. The van der Waals surface area contributed by atoms with Crippen molar-refractivity contribution in [3.8, 4) is 114 Å². The molecule has 706 valence electrons. The number of hydrogen-bond acceptors (Lipinski definition) is 30. The Hall–Kier alpha value is -13.9. The molecule has 0 aliphatic rings. The summed E-state index contributed by atoms with van der Waals surface area (Å²) < 4.78 is 36.5. The zero-order chi connectivity index (χ0) is 92.8. The minimum absolute atomic E-state index is 0. The molecular formula is C88H83F3N40Pt5. The molecule has 0 atom stereocenters. The van der Waals surface area contributed by atoms with Crippen LogP contribution in [0.15, 0.2) is 259 Å². The predicted molar refractivity (Wildman–Crippen MR) is 471 cm³/mol. The van der Waals surface area contributed by atoms with Gasteiger partial charge in [-0.1, -0.05) is 181 Å². The van der Waals surface area contributed by atoms with Crippen molar-refractivity contribution >= 4 is 0 Å². The van der Waals surface area contributed by atoms with E-state index in [1.807, 2.05) is 118 Å². The minimum atomic E-state index is -4.47. The fourth-order valence-electron chi connectivity index (χ4n) is 10.3. The SMILES string of the molecule is CC(C)(C)c1cc(-c2ccncn2)[n-]n1.CC(C)(C)c1cc(-c2ccncn2)[n-]n1.CC(C)c1cc(-c2ccncn2)[n-]n1.CC(C)c1cc(-c2ccncn2)[n-]n1.Cc1cc(-c2ccncn2)[n-]n1.Cc1cc(-c2ccncn2)[n-]n1.Cc1cc(-c2ccncn2)[n-]n1.FC(F)(F)c1cc(-c2ccncn2)[n-]n1.[Pt+2].[Pt+2].[Pt+2].[Pt+2].[Pt+2].c1cc(-c2ccn[n-]2)ncn1.c1cc(-c2ccn[n-]2)ncn1. The van der Waals surface area contributed by atoms with E-state index in [1.54, 1.807) is 80.3 Å². The van der Waals surface area contributed by atoms with Crippen LogP contribution in [0.5, 0.6) is 0 Å². The van der Waals surface area contributed by atoms with E-state index in [-0.39, 0.29) is 122 Å². The molecule has 0 amide bonds. The van der Waals surface area contributed by atoms with Gasteiger partial charge in [-0.2, -0.15) is 13.2 Å². The van der Waals surface area contributed by atoms with Crippen LogP contribution in [0.3, 0.4) is 0 Å². The predicted octanol–water partition coefficient (Wildman–Crippen LogP) is 11.7. The molecule has 48 heteroatoms. The van der Waals surface area contributed by atoms with E-state index in [2.05, 4.69) is 271 Å². The molecule has 20 rings (SSSR count). The zero-order valence-electron chi connectivity index (χ0n) is 74.5. The molecule has 0 aromatic carbocycles. The van der Waals surface area contributed by atoms with Gasteiger partial charge >= 0.3 is 112 Å².